The molecule has 0 spiro atoms. The van der Waals surface area contributed by atoms with Gasteiger partial charge in [-0.2, -0.15) is 0 Å². The molecule has 0 aromatic heterocycles. The van der Waals surface area contributed by atoms with E-state index in [1.165, 1.54) is 0 Å². The second kappa shape index (κ2) is 7.30. The Hall–Kier alpha value is -0.770. The van der Waals surface area contributed by atoms with Crippen LogP contribution in [0.5, 0.6) is 0 Å². The van der Waals surface area contributed by atoms with Gasteiger partial charge in [0.05, 0.1) is 6.10 Å². The fourth-order valence-electron chi connectivity index (χ4n) is 3.18. The molecular formula is C16H32N2O2. The van der Waals surface area contributed by atoms with E-state index in [0.717, 1.165) is 25.8 Å². The molecule has 1 fully saturated rings. The number of likely N-dealkylation sites (tertiary alicyclic amines) is 1. The van der Waals surface area contributed by atoms with Crippen molar-refractivity contribution in [3.8, 4) is 0 Å². The summed E-state index contributed by atoms with van der Waals surface area (Å²) < 4.78 is 0. The van der Waals surface area contributed by atoms with Gasteiger partial charge in [0.25, 0.3) is 0 Å². The van der Waals surface area contributed by atoms with Crippen LogP contribution >= 0.6 is 0 Å². The average molecular weight is 284 g/mol. The molecule has 2 atom stereocenters. The summed E-state index contributed by atoms with van der Waals surface area (Å²) in [4.78, 5) is 14.3. The molecule has 0 radical (unpaired) electrons. The fourth-order valence-corrected chi connectivity index (χ4v) is 3.18. The van der Waals surface area contributed by atoms with Crippen molar-refractivity contribution in [2.45, 2.75) is 72.4 Å². The zero-order valence-corrected chi connectivity index (χ0v) is 13.8. The third-order valence-electron chi connectivity index (χ3n) is 3.95. The summed E-state index contributed by atoms with van der Waals surface area (Å²) >= 11 is 0. The molecule has 0 aliphatic carbocycles. The molecule has 0 aromatic carbocycles. The van der Waals surface area contributed by atoms with E-state index in [2.05, 4.69) is 33.0 Å². The first-order valence-electron chi connectivity index (χ1n) is 7.94. The maximum absolute atomic E-state index is 12.3. The summed E-state index contributed by atoms with van der Waals surface area (Å²) in [7, 11) is 0. The van der Waals surface area contributed by atoms with E-state index in [0.29, 0.717) is 24.9 Å². The van der Waals surface area contributed by atoms with Gasteiger partial charge in [0, 0.05) is 19.1 Å². The molecular weight excluding hydrogens is 252 g/mol. The van der Waals surface area contributed by atoms with Crippen LogP contribution in [-0.2, 0) is 0 Å². The lowest BCUT2D eigenvalue weighted by atomic mass is 9.87. The Bertz CT molecular complexity index is 314. The predicted octanol–water partition coefficient (Wildman–Crippen LogP) is 3.00. The number of hydrogen-bond acceptors (Lipinski definition) is 2. The first-order valence-corrected chi connectivity index (χ1v) is 7.94. The zero-order chi connectivity index (χ0) is 15.3. The molecule has 1 heterocycles. The predicted molar refractivity (Wildman–Crippen MR) is 82.7 cm³/mol. The van der Waals surface area contributed by atoms with Gasteiger partial charge in [-0.05, 0) is 43.9 Å². The number of rotatable bonds is 6. The van der Waals surface area contributed by atoms with Crippen LogP contribution in [-0.4, -0.2) is 41.3 Å². The van der Waals surface area contributed by atoms with Crippen LogP contribution in [0, 0.1) is 11.3 Å². The first kappa shape index (κ1) is 17.3. The Morgan fingerprint density at radius 2 is 2.05 bits per heavy atom. The van der Waals surface area contributed by atoms with Crippen LogP contribution < -0.4 is 5.32 Å². The minimum Gasteiger partial charge on any atom is -0.393 e. The van der Waals surface area contributed by atoms with Gasteiger partial charge >= 0.3 is 6.03 Å². The van der Waals surface area contributed by atoms with Gasteiger partial charge in [-0.15, -0.1) is 0 Å². The zero-order valence-electron chi connectivity index (χ0n) is 13.8. The highest BCUT2D eigenvalue weighted by atomic mass is 16.3. The first-order chi connectivity index (χ1) is 9.21. The third kappa shape index (κ3) is 5.70. The summed E-state index contributed by atoms with van der Waals surface area (Å²) in [5.41, 5.74) is -0.0723. The molecule has 1 aliphatic rings. The van der Waals surface area contributed by atoms with Gasteiger partial charge in [-0.1, -0.05) is 27.7 Å². The van der Waals surface area contributed by atoms with Gasteiger partial charge in [0.1, 0.15) is 0 Å². The number of aliphatic hydroxyl groups is 1. The standard InChI is InChI=1S/C16H32N2O2/c1-12(2)9-14-7-6-8-18(14)15(20)17-11-16(4,5)10-13(3)19/h12-14,19H,6-11H2,1-5H3,(H,17,20). The van der Waals surface area contributed by atoms with Crippen molar-refractivity contribution in [2.75, 3.05) is 13.1 Å². The number of nitrogens with one attached hydrogen (secondary N) is 1. The van der Waals surface area contributed by atoms with E-state index in [1.54, 1.807) is 6.92 Å². The molecule has 4 nitrogen and oxygen atoms in total. The Morgan fingerprint density at radius 3 is 2.60 bits per heavy atom. The van der Waals surface area contributed by atoms with E-state index in [1.807, 2.05) is 4.90 Å². The average Bonchev–Trinajstić information content (AvgIpc) is 2.71. The van der Waals surface area contributed by atoms with Crippen molar-refractivity contribution < 1.29 is 9.90 Å². The molecule has 4 heteroatoms. The lowest BCUT2D eigenvalue weighted by molar-refractivity contribution is 0.125. The van der Waals surface area contributed by atoms with E-state index >= 15 is 0 Å². The normalized spacial score (nSPS) is 21.4. The van der Waals surface area contributed by atoms with Crippen molar-refractivity contribution in [2.24, 2.45) is 11.3 Å². The quantitative estimate of drug-likeness (QED) is 0.788. The summed E-state index contributed by atoms with van der Waals surface area (Å²) in [6, 6.07) is 0.460. The number of aliphatic hydroxyl groups excluding tert-OH is 1. The Labute approximate surface area is 123 Å². The third-order valence-corrected chi connectivity index (χ3v) is 3.95. The molecule has 2 unspecified atom stereocenters. The summed E-state index contributed by atoms with van der Waals surface area (Å²) in [5.74, 6) is 0.625. The summed E-state index contributed by atoms with van der Waals surface area (Å²) in [6.07, 6.45) is 3.69. The van der Waals surface area contributed by atoms with Gasteiger partial charge in [-0.25, -0.2) is 4.79 Å². The van der Waals surface area contributed by atoms with Crippen LogP contribution in [0.2, 0.25) is 0 Å². The lowest BCUT2D eigenvalue weighted by Gasteiger charge is -2.30. The Kier molecular flexibility index (Phi) is 6.31. The maximum atomic E-state index is 12.3. The second-order valence-corrected chi connectivity index (χ2v) is 7.50. The molecule has 0 aromatic rings. The van der Waals surface area contributed by atoms with Gasteiger partial charge < -0.3 is 15.3 Å². The highest BCUT2D eigenvalue weighted by Gasteiger charge is 2.30. The van der Waals surface area contributed by atoms with E-state index < -0.39 is 0 Å². The van der Waals surface area contributed by atoms with Crippen LogP contribution in [0.4, 0.5) is 4.79 Å². The van der Waals surface area contributed by atoms with Crippen LogP contribution in [0.25, 0.3) is 0 Å². The van der Waals surface area contributed by atoms with Crippen LogP contribution in [0.1, 0.15) is 60.3 Å². The van der Waals surface area contributed by atoms with Crippen LogP contribution in [0.15, 0.2) is 0 Å². The molecule has 1 aliphatic heterocycles. The van der Waals surface area contributed by atoms with Gasteiger partial charge in [0.15, 0.2) is 0 Å². The molecule has 0 saturated carbocycles. The number of carbonyl (C=O) groups is 1. The monoisotopic (exact) mass is 284 g/mol. The minimum atomic E-state index is -0.331. The van der Waals surface area contributed by atoms with Crippen molar-refractivity contribution in [1.29, 1.82) is 0 Å². The molecule has 1 saturated heterocycles. The SMILES string of the molecule is CC(C)CC1CCCN1C(=O)NCC(C)(C)CC(C)O. The number of nitrogens with zero attached hydrogens (tertiary/aromatic N) is 1. The Morgan fingerprint density at radius 1 is 1.40 bits per heavy atom. The highest BCUT2D eigenvalue weighted by Crippen LogP contribution is 2.24. The smallest absolute Gasteiger partial charge is 0.317 e. The van der Waals surface area contributed by atoms with E-state index in [4.69, 9.17) is 0 Å². The molecule has 20 heavy (non-hydrogen) atoms. The lowest BCUT2D eigenvalue weighted by Crippen LogP contribution is -2.46. The van der Waals surface area contributed by atoms with Crippen molar-refractivity contribution in [1.82, 2.24) is 10.2 Å². The minimum absolute atomic E-state index is 0.0619. The number of urea groups is 1. The van der Waals surface area contributed by atoms with Crippen molar-refractivity contribution in [3.05, 3.63) is 0 Å². The fraction of sp³-hybridized carbons (Fsp3) is 0.938. The maximum Gasteiger partial charge on any atom is 0.317 e. The van der Waals surface area contributed by atoms with E-state index in [9.17, 15) is 9.90 Å². The molecule has 1 rings (SSSR count). The molecule has 118 valence electrons. The van der Waals surface area contributed by atoms with Crippen LogP contribution in [0.3, 0.4) is 0 Å². The van der Waals surface area contributed by atoms with Gasteiger partial charge in [0.2, 0.25) is 0 Å². The van der Waals surface area contributed by atoms with E-state index in [-0.39, 0.29) is 17.6 Å². The largest absolute Gasteiger partial charge is 0.393 e. The molecule has 0 bridgehead atoms. The second-order valence-electron chi connectivity index (χ2n) is 7.50. The molecule has 2 N–H and O–H groups in total. The number of hydrogen-bond donors (Lipinski definition) is 2. The van der Waals surface area contributed by atoms with Crippen molar-refractivity contribution in [3.63, 3.8) is 0 Å². The molecule has 2 amide bonds. The number of amides is 2. The topological polar surface area (TPSA) is 52.6 Å². The van der Waals surface area contributed by atoms with Crippen molar-refractivity contribution >= 4 is 6.03 Å². The highest BCUT2D eigenvalue weighted by molar-refractivity contribution is 5.74. The summed E-state index contributed by atoms with van der Waals surface area (Å²) in [5, 5.41) is 12.5. The number of carbonyl (C=O) groups excluding carboxylic acids is 1. The summed E-state index contributed by atoms with van der Waals surface area (Å²) in [6.45, 7) is 11.9. The van der Waals surface area contributed by atoms with Gasteiger partial charge in [-0.3, -0.25) is 0 Å². The Balaban J connectivity index is 2.45.